The molecular weight excluding hydrogens is 170 g/mol. The van der Waals surface area contributed by atoms with Gasteiger partial charge in [-0.1, -0.05) is 6.92 Å². The van der Waals surface area contributed by atoms with E-state index in [2.05, 4.69) is 0 Å². The molecule has 4 nitrogen and oxygen atoms in total. The Morgan fingerprint density at radius 2 is 1.92 bits per heavy atom. The summed E-state index contributed by atoms with van der Waals surface area (Å²) in [6, 6.07) is 0. The molecular formula is C9H16NO3. The summed E-state index contributed by atoms with van der Waals surface area (Å²) in [5, 5.41) is 21.5. The fourth-order valence-corrected chi connectivity index (χ4v) is 1.99. The van der Waals surface area contributed by atoms with Crippen molar-refractivity contribution in [1.29, 1.82) is 0 Å². The monoisotopic (exact) mass is 186 g/mol. The number of carbonyl (C=O) groups is 1. The number of aliphatic carboxylic acids is 1. The van der Waals surface area contributed by atoms with Crippen molar-refractivity contribution < 1.29 is 15.1 Å². The molecule has 1 aliphatic heterocycles. The average Bonchev–Trinajstić information content (AvgIpc) is 2.13. The first-order valence-corrected chi connectivity index (χ1v) is 4.42. The summed E-state index contributed by atoms with van der Waals surface area (Å²) < 4.78 is 0. The molecule has 0 aromatic rings. The van der Waals surface area contributed by atoms with Gasteiger partial charge in [0.2, 0.25) is 0 Å². The SMILES string of the molecule is CC1CN([O])C(C)(C)C1(C)C(=O)O. The third-order valence-electron chi connectivity index (χ3n) is 3.76. The third kappa shape index (κ3) is 1.09. The van der Waals surface area contributed by atoms with Gasteiger partial charge in [-0.05, 0) is 26.7 Å². The van der Waals surface area contributed by atoms with E-state index in [1.54, 1.807) is 20.8 Å². The van der Waals surface area contributed by atoms with E-state index in [0.29, 0.717) is 6.54 Å². The summed E-state index contributed by atoms with van der Waals surface area (Å²) in [5.74, 6) is -0.999. The Morgan fingerprint density at radius 3 is 2.08 bits per heavy atom. The fraction of sp³-hybridized carbons (Fsp3) is 0.889. The molecule has 0 bridgehead atoms. The summed E-state index contributed by atoms with van der Waals surface area (Å²) >= 11 is 0. The zero-order valence-electron chi connectivity index (χ0n) is 8.50. The Morgan fingerprint density at radius 1 is 1.46 bits per heavy atom. The maximum Gasteiger partial charge on any atom is 0.311 e. The second kappa shape index (κ2) is 2.69. The van der Waals surface area contributed by atoms with Crippen molar-refractivity contribution in [2.24, 2.45) is 11.3 Å². The van der Waals surface area contributed by atoms with Gasteiger partial charge in [0.05, 0.1) is 11.0 Å². The summed E-state index contributed by atoms with van der Waals surface area (Å²) in [5.41, 5.74) is -1.77. The molecule has 75 valence electrons. The van der Waals surface area contributed by atoms with Crippen molar-refractivity contribution >= 4 is 5.97 Å². The van der Waals surface area contributed by atoms with Crippen LogP contribution in [0.15, 0.2) is 0 Å². The molecule has 1 aliphatic rings. The number of hydrogen-bond acceptors (Lipinski definition) is 2. The first-order valence-electron chi connectivity index (χ1n) is 4.42. The second-order valence-corrected chi connectivity index (χ2v) is 4.53. The molecule has 2 atom stereocenters. The van der Waals surface area contributed by atoms with Gasteiger partial charge in [0, 0.05) is 6.54 Å². The first kappa shape index (κ1) is 10.5. The Kier molecular flexibility index (Phi) is 2.16. The molecule has 4 heteroatoms. The summed E-state index contributed by atoms with van der Waals surface area (Å²) in [4.78, 5) is 11.1. The van der Waals surface area contributed by atoms with Crippen LogP contribution in [0, 0.1) is 11.3 Å². The lowest BCUT2D eigenvalue weighted by Crippen LogP contribution is -2.51. The van der Waals surface area contributed by atoms with Gasteiger partial charge in [0.1, 0.15) is 0 Å². The van der Waals surface area contributed by atoms with Gasteiger partial charge in [-0.15, -0.1) is 10.3 Å². The zero-order chi connectivity index (χ0) is 10.4. The number of hydroxylamine groups is 2. The molecule has 1 heterocycles. The molecule has 0 saturated carbocycles. The Labute approximate surface area is 78.1 Å². The van der Waals surface area contributed by atoms with E-state index in [1.807, 2.05) is 6.92 Å². The van der Waals surface area contributed by atoms with Gasteiger partial charge in [-0.3, -0.25) is 4.79 Å². The van der Waals surface area contributed by atoms with Crippen LogP contribution in [0.25, 0.3) is 0 Å². The largest absolute Gasteiger partial charge is 0.481 e. The molecule has 1 N–H and O–H groups in total. The third-order valence-corrected chi connectivity index (χ3v) is 3.76. The van der Waals surface area contributed by atoms with Gasteiger partial charge >= 0.3 is 5.97 Å². The predicted molar refractivity (Wildman–Crippen MR) is 46.4 cm³/mol. The van der Waals surface area contributed by atoms with Gasteiger partial charge in [0.15, 0.2) is 0 Å². The molecule has 1 fully saturated rings. The molecule has 0 amide bonds. The van der Waals surface area contributed by atoms with Crippen LogP contribution in [0.1, 0.15) is 27.7 Å². The molecule has 2 unspecified atom stereocenters. The van der Waals surface area contributed by atoms with Gasteiger partial charge < -0.3 is 5.11 Å². The molecule has 13 heavy (non-hydrogen) atoms. The van der Waals surface area contributed by atoms with E-state index in [1.165, 1.54) is 0 Å². The summed E-state index contributed by atoms with van der Waals surface area (Å²) in [6.45, 7) is 7.15. The van der Waals surface area contributed by atoms with Crippen LogP contribution in [0.3, 0.4) is 0 Å². The Hall–Kier alpha value is -0.610. The zero-order valence-corrected chi connectivity index (χ0v) is 8.50. The van der Waals surface area contributed by atoms with Gasteiger partial charge in [0.25, 0.3) is 0 Å². The molecule has 1 radical (unpaired) electrons. The minimum Gasteiger partial charge on any atom is -0.481 e. The number of carboxylic acid groups (broad SMARTS) is 1. The van der Waals surface area contributed by atoms with Crippen LogP contribution in [0.4, 0.5) is 0 Å². The molecule has 1 rings (SSSR count). The normalized spacial score (nSPS) is 39.3. The van der Waals surface area contributed by atoms with Crippen molar-refractivity contribution in [2.45, 2.75) is 33.2 Å². The van der Waals surface area contributed by atoms with Crippen LogP contribution >= 0.6 is 0 Å². The van der Waals surface area contributed by atoms with Crippen LogP contribution in [0.2, 0.25) is 0 Å². The van der Waals surface area contributed by atoms with Gasteiger partial charge in [-0.25, -0.2) is 0 Å². The summed E-state index contributed by atoms with van der Waals surface area (Å²) in [6.07, 6.45) is 0. The molecule has 0 spiro atoms. The van der Waals surface area contributed by atoms with Crippen molar-refractivity contribution in [1.82, 2.24) is 5.06 Å². The highest BCUT2D eigenvalue weighted by Crippen LogP contribution is 2.48. The highest BCUT2D eigenvalue weighted by atomic mass is 16.5. The van der Waals surface area contributed by atoms with Crippen molar-refractivity contribution in [3.8, 4) is 0 Å². The number of rotatable bonds is 1. The maximum atomic E-state index is 11.5. The molecule has 0 aliphatic carbocycles. The Balaban J connectivity index is 3.14. The van der Waals surface area contributed by atoms with E-state index in [-0.39, 0.29) is 5.92 Å². The van der Waals surface area contributed by atoms with Crippen LogP contribution in [0.5, 0.6) is 0 Å². The van der Waals surface area contributed by atoms with Crippen LogP contribution < -0.4 is 0 Å². The first-order chi connectivity index (χ1) is 5.74. The van der Waals surface area contributed by atoms with Crippen molar-refractivity contribution in [3.63, 3.8) is 0 Å². The topological polar surface area (TPSA) is 60.4 Å². The highest BCUT2D eigenvalue weighted by Gasteiger charge is 2.60. The lowest BCUT2D eigenvalue weighted by atomic mass is 9.69. The number of carboxylic acids is 1. The minimum atomic E-state index is -0.950. The highest BCUT2D eigenvalue weighted by molar-refractivity contribution is 5.77. The molecule has 0 aromatic heterocycles. The quantitative estimate of drug-likeness (QED) is 0.668. The predicted octanol–water partition coefficient (Wildman–Crippen LogP) is 1.15. The van der Waals surface area contributed by atoms with E-state index in [0.717, 1.165) is 5.06 Å². The van der Waals surface area contributed by atoms with Crippen LogP contribution in [-0.4, -0.2) is 28.2 Å². The smallest absolute Gasteiger partial charge is 0.311 e. The average molecular weight is 186 g/mol. The van der Waals surface area contributed by atoms with E-state index in [4.69, 9.17) is 5.11 Å². The molecule has 0 aromatic carbocycles. The second-order valence-electron chi connectivity index (χ2n) is 4.53. The van der Waals surface area contributed by atoms with Crippen molar-refractivity contribution in [2.75, 3.05) is 6.54 Å². The lowest BCUT2D eigenvalue weighted by Gasteiger charge is -2.37. The fourth-order valence-electron chi connectivity index (χ4n) is 1.99. The molecule has 1 saturated heterocycles. The van der Waals surface area contributed by atoms with Crippen LogP contribution in [-0.2, 0) is 10.0 Å². The lowest BCUT2D eigenvalue weighted by molar-refractivity contribution is -0.215. The van der Waals surface area contributed by atoms with Gasteiger partial charge in [-0.2, -0.15) is 0 Å². The standard InChI is InChI=1S/C9H16NO3/c1-6-5-10(13)8(2,3)9(6,4)7(11)12/h6H,5H2,1-4H3,(H,11,12). The number of hydrogen-bond donors (Lipinski definition) is 1. The van der Waals surface area contributed by atoms with E-state index in [9.17, 15) is 10.0 Å². The number of nitrogens with zero attached hydrogens (tertiary/aromatic N) is 1. The summed E-state index contributed by atoms with van der Waals surface area (Å²) in [7, 11) is 0. The van der Waals surface area contributed by atoms with Crippen molar-refractivity contribution in [3.05, 3.63) is 0 Å². The van der Waals surface area contributed by atoms with E-state index < -0.39 is 16.9 Å². The maximum absolute atomic E-state index is 11.5. The van der Waals surface area contributed by atoms with E-state index >= 15 is 0 Å². The minimum absolute atomic E-state index is 0.113. The Bertz CT molecular complexity index is 239.